The molecule has 1 aromatic heterocycles. The number of hydrogen-bond acceptors (Lipinski definition) is 2. The van der Waals surface area contributed by atoms with E-state index in [0.29, 0.717) is 6.54 Å². The number of aryl methyl sites for hydroxylation is 1. The Morgan fingerprint density at radius 2 is 2.42 bits per heavy atom. The Balaban J connectivity index is 2.80. The summed E-state index contributed by atoms with van der Waals surface area (Å²) in [5.74, 6) is 0. The van der Waals surface area contributed by atoms with Gasteiger partial charge in [-0.2, -0.15) is 5.10 Å². The van der Waals surface area contributed by atoms with Crippen LogP contribution in [0.2, 0.25) is 5.15 Å². The van der Waals surface area contributed by atoms with Gasteiger partial charge in [0.05, 0.1) is 12.7 Å². The quantitative estimate of drug-likeness (QED) is 0.779. The van der Waals surface area contributed by atoms with Crippen LogP contribution in [0, 0.1) is 0 Å². The van der Waals surface area contributed by atoms with Gasteiger partial charge < -0.3 is 5.73 Å². The Labute approximate surface area is 77.5 Å². The van der Waals surface area contributed by atoms with E-state index in [0.717, 1.165) is 17.1 Å². The van der Waals surface area contributed by atoms with Crippen molar-refractivity contribution in [1.29, 1.82) is 0 Å². The molecule has 4 heteroatoms. The third kappa shape index (κ3) is 1.99. The molecule has 0 amide bonds. The zero-order chi connectivity index (χ0) is 9.14. The number of halogens is 1. The lowest BCUT2D eigenvalue weighted by molar-refractivity contribution is 0.539. The van der Waals surface area contributed by atoms with Gasteiger partial charge in [-0.05, 0) is 13.3 Å². The summed E-state index contributed by atoms with van der Waals surface area (Å²) in [6, 6.07) is 0.0899. The van der Waals surface area contributed by atoms with Crippen LogP contribution in [0.1, 0.15) is 19.4 Å². The molecule has 0 saturated carbocycles. The molecule has 0 aromatic carbocycles. The third-order valence-electron chi connectivity index (χ3n) is 1.69. The van der Waals surface area contributed by atoms with Crippen LogP contribution in [-0.2, 0) is 13.0 Å². The summed E-state index contributed by atoms with van der Waals surface area (Å²) in [6.45, 7) is 4.67. The molecule has 0 aliphatic heterocycles. The minimum Gasteiger partial charge on any atom is -0.326 e. The average molecular weight is 188 g/mol. The van der Waals surface area contributed by atoms with Crippen molar-refractivity contribution < 1.29 is 0 Å². The summed E-state index contributed by atoms with van der Waals surface area (Å²) >= 11 is 6.01. The first-order chi connectivity index (χ1) is 5.65. The van der Waals surface area contributed by atoms with E-state index in [1.54, 1.807) is 10.9 Å². The van der Waals surface area contributed by atoms with Crippen molar-refractivity contribution in [2.75, 3.05) is 0 Å². The molecular weight excluding hydrogens is 174 g/mol. The standard InChI is InChI=1S/C8H14ClN3/c1-3-7-4-11-12(8(7)9)5-6(2)10/h4,6H,3,5,10H2,1-2H3. The van der Waals surface area contributed by atoms with Crippen LogP contribution in [0.25, 0.3) is 0 Å². The van der Waals surface area contributed by atoms with E-state index in [4.69, 9.17) is 17.3 Å². The van der Waals surface area contributed by atoms with Crippen molar-refractivity contribution in [2.45, 2.75) is 32.9 Å². The highest BCUT2D eigenvalue weighted by molar-refractivity contribution is 6.30. The first-order valence-electron chi connectivity index (χ1n) is 4.11. The Bertz CT molecular complexity index is 255. The molecule has 3 nitrogen and oxygen atoms in total. The second-order valence-corrected chi connectivity index (χ2v) is 3.33. The zero-order valence-corrected chi connectivity index (χ0v) is 8.17. The van der Waals surface area contributed by atoms with Crippen LogP contribution >= 0.6 is 11.6 Å². The van der Waals surface area contributed by atoms with Gasteiger partial charge in [-0.1, -0.05) is 18.5 Å². The maximum atomic E-state index is 6.01. The van der Waals surface area contributed by atoms with Crippen molar-refractivity contribution in [3.8, 4) is 0 Å². The van der Waals surface area contributed by atoms with Gasteiger partial charge in [0.15, 0.2) is 0 Å². The fourth-order valence-corrected chi connectivity index (χ4v) is 1.34. The largest absolute Gasteiger partial charge is 0.326 e. The maximum absolute atomic E-state index is 6.01. The van der Waals surface area contributed by atoms with Gasteiger partial charge in [-0.15, -0.1) is 0 Å². The maximum Gasteiger partial charge on any atom is 0.130 e. The van der Waals surface area contributed by atoms with E-state index in [2.05, 4.69) is 12.0 Å². The fraction of sp³-hybridized carbons (Fsp3) is 0.625. The summed E-state index contributed by atoms with van der Waals surface area (Å²) in [5.41, 5.74) is 6.71. The normalized spacial score (nSPS) is 13.3. The molecule has 0 saturated heterocycles. The average Bonchev–Trinajstić information content (AvgIpc) is 2.32. The number of rotatable bonds is 3. The number of hydrogen-bond donors (Lipinski definition) is 1. The van der Waals surface area contributed by atoms with Crippen LogP contribution in [0.4, 0.5) is 0 Å². The van der Waals surface area contributed by atoms with Gasteiger partial charge in [-0.25, -0.2) is 0 Å². The molecule has 0 bridgehead atoms. The van der Waals surface area contributed by atoms with E-state index >= 15 is 0 Å². The minimum atomic E-state index is 0.0899. The van der Waals surface area contributed by atoms with E-state index < -0.39 is 0 Å². The van der Waals surface area contributed by atoms with Crippen molar-refractivity contribution in [3.63, 3.8) is 0 Å². The van der Waals surface area contributed by atoms with Crippen molar-refractivity contribution in [3.05, 3.63) is 16.9 Å². The van der Waals surface area contributed by atoms with E-state index in [1.165, 1.54) is 0 Å². The highest BCUT2D eigenvalue weighted by Gasteiger charge is 2.07. The van der Waals surface area contributed by atoms with E-state index in [9.17, 15) is 0 Å². The lowest BCUT2D eigenvalue weighted by Crippen LogP contribution is -2.22. The van der Waals surface area contributed by atoms with Crippen molar-refractivity contribution in [1.82, 2.24) is 9.78 Å². The molecule has 12 heavy (non-hydrogen) atoms. The third-order valence-corrected chi connectivity index (χ3v) is 2.12. The Kier molecular flexibility index (Phi) is 3.12. The highest BCUT2D eigenvalue weighted by atomic mass is 35.5. The second kappa shape index (κ2) is 3.92. The van der Waals surface area contributed by atoms with Crippen molar-refractivity contribution >= 4 is 11.6 Å². The zero-order valence-electron chi connectivity index (χ0n) is 7.42. The Hall–Kier alpha value is -0.540. The van der Waals surface area contributed by atoms with Crippen LogP contribution in [0.15, 0.2) is 6.20 Å². The van der Waals surface area contributed by atoms with Crippen LogP contribution in [-0.4, -0.2) is 15.8 Å². The fourth-order valence-electron chi connectivity index (χ4n) is 1.05. The smallest absolute Gasteiger partial charge is 0.130 e. The molecule has 1 heterocycles. The van der Waals surface area contributed by atoms with Gasteiger partial charge in [0.25, 0.3) is 0 Å². The molecule has 2 N–H and O–H groups in total. The molecule has 1 aromatic rings. The summed E-state index contributed by atoms with van der Waals surface area (Å²) in [6.07, 6.45) is 2.71. The van der Waals surface area contributed by atoms with E-state index in [-0.39, 0.29) is 6.04 Å². The summed E-state index contributed by atoms with van der Waals surface area (Å²) in [7, 11) is 0. The molecule has 0 spiro atoms. The predicted molar refractivity (Wildman–Crippen MR) is 50.3 cm³/mol. The SMILES string of the molecule is CCc1cnn(CC(C)N)c1Cl. The number of nitrogens with two attached hydrogens (primary N) is 1. The van der Waals surface area contributed by atoms with Gasteiger partial charge in [-0.3, -0.25) is 4.68 Å². The monoisotopic (exact) mass is 187 g/mol. The highest BCUT2D eigenvalue weighted by Crippen LogP contribution is 2.15. The second-order valence-electron chi connectivity index (χ2n) is 2.97. The van der Waals surface area contributed by atoms with Gasteiger partial charge in [0, 0.05) is 11.6 Å². The van der Waals surface area contributed by atoms with Crippen molar-refractivity contribution in [2.24, 2.45) is 5.73 Å². The summed E-state index contributed by atoms with van der Waals surface area (Å²) in [5, 5.41) is 4.85. The Morgan fingerprint density at radius 1 is 1.75 bits per heavy atom. The molecular formula is C8H14ClN3. The molecule has 0 radical (unpaired) electrons. The lowest BCUT2D eigenvalue weighted by Gasteiger charge is -2.05. The summed E-state index contributed by atoms with van der Waals surface area (Å²) < 4.78 is 1.74. The molecule has 0 fully saturated rings. The molecule has 1 unspecified atom stereocenters. The topological polar surface area (TPSA) is 43.8 Å². The molecule has 68 valence electrons. The molecule has 1 rings (SSSR count). The van der Waals surface area contributed by atoms with Crippen LogP contribution in [0.3, 0.4) is 0 Å². The van der Waals surface area contributed by atoms with Crippen LogP contribution < -0.4 is 5.73 Å². The van der Waals surface area contributed by atoms with Gasteiger partial charge in [0.2, 0.25) is 0 Å². The van der Waals surface area contributed by atoms with Gasteiger partial charge >= 0.3 is 0 Å². The first-order valence-corrected chi connectivity index (χ1v) is 4.48. The van der Waals surface area contributed by atoms with E-state index in [1.807, 2.05) is 6.92 Å². The van der Waals surface area contributed by atoms with Gasteiger partial charge in [0.1, 0.15) is 5.15 Å². The molecule has 0 aliphatic carbocycles. The molecule has 1 atom stereocenters. The summed E-state index contributed by atoms with van der Waals surface area (Å²) in [4.78, 5) is 0. The minimum absolute atomic E-state index is 0.0899. The number of aromatic nitrogens is 2. The molecule has 0 aliphatic rings. The number of nitrogens with zero attached hydrogens (tertiary/aromatic N) is 2. The predicted octanol–water partition coefficient (Wildman–Crippen LogP) is 1.45. The Morgan fingerprint density at radius 3 is 2.83 bits per heavy atom. The first kappa shape index (κ1) is 9.55. The van der Waals surface area contributed by atoms with Crippen LogP contribution in [0.5, 0.6) is 0 Å². The lowest BCUT2D eigenvalue weighted by atomic mass is 10.3.